The number of nitrogens with zero attached hydrogens (tertiary/aromatic N) is 1. The number of ether oxygens (including phenoxy) is 1. The molecule has 1 heterocycles. The van der Waals surface area contributed by atoms with Gasteiger partial charge in [-0.25, -0.2) is 0 Å². The van der Waals surface area contributed by atoms with Gasteiger partial charge in [-0.1, -0.05) is 18.2 Å². The van der Waals surface area contributed by atoms with Crippen LogP contribution < -0.4 is 15.0 Å². The van der Waals surface area contributed by atoms with Crippen LogP contribution in [-0.4, -0.2) is 28.6 Å². The fourth-order valence-electron chi connectivity index (χ4n) is 2.51. The third-order valence-corrected chi connectivity index (χ3v) is 3.98. The van der Waals surface area contributed by atoms with Crippen molar-refractivity contribution < 1.29 is 19.4 Å². The van der Waals surface area contributed by atoms with E-state index in [1.807, 2.05) is 6.92 Å². The first-order valence-corrected chi connectivity index (χ1v) is 8.34. The fraction of sp³-hybridized carbons (Fsp3) is 0.105. The molecule has 0 aromatic heterocycles. The Bertz CT molecular complexity index is 906. The van der Waals surface area contributed by atoms with E-state index in [0.717, 1.165) is 0 Å². The zero-order chi connectivity index (χ0) is 18.7. The van der Waals surface area contributed by atoms with Crippen LogP contribution in [0.2, 0.25) is 0 Å². The van der Waals surface area contributed by atoms with Gasteiger partial charge < -0.3 is 9.84 Å². The average Bonchev–Trinajstić information content (AvgIpc) is 2.61. The molecular weight excluding hydrogens is 352 g/mol. The first kappa shape index (κ1) is 17.6. The van der Waals surface area contributed by atoms with Crippen molar-refractivity contribution >= 4 is 40.9 Å². The van der Waals surface area contributed by atoms with Gasteiger partial charge in [0.2, 0.25) is 0 Å². The summed E-state index contributed by atoms with van der Waals surface area (Å²) in [6.45, 7) is 2.35. The third-order valence-electron chi connectivity index (χ3n) is 3.69. The number of aromatic hydroxyl groups is 1. The topological polar surface area (TPSA) is 78.9 Å². The lowest BCUT2D eigenvalue weighted by atomic mass is 10.1. The van der Waals surface area contributed by atoms with Crippen LogP contribution in [0.1, 0.15) is 12.5 Å². The summed E-state index contributed by atoms with van der Waals surface area (Å²) in [6.07, 6.45) is 1.46. The Morgan fingerprint density at radius 2 is 1.92 bits per heavy atom. The highest BCUT2D eigenvalue weighted by molar-refractivity contribution is 7.80. The number of nitrogens with one attached hydrogen (secondary N) is 1. The van der Waals surface area contributed by atoms with Crippen molar-refractivity contribution in [1.82, 2.24) is 5.32 Å². The Hall–Kier alpha value is -3.19. The SMILES string of the molecule is CCOc1cccc(N2C(=O)/C(=C/c3ccc(O)cc3)C(=O)NC2=S)c1. The van der Waals surface area contributed by atoms with E-state index in [1.54, 1.807) is 36.4 Å². The predicted octanol–water partition coefficient (Wildman–Crippen LogP) is 2.62. The number of carbonyl (C=O) groups excluding carboxylic acids is 2. The molecule has 2 aromatic rings. The molecule has 3 rings (SSSR count). The molecule has 1 fully saturated rings. The van der Waals surface area contributed by atoms with E-state index >= 15 is 0 Å². The molecule has 1 aliphatic heterocycles. The molecule has 0 radical (unpaired) electrons. The van der Waals surface area contributed by atoms with Crippen LogP contribution in [0.25, 0.3) is 6.08 Å². The van der Waals surface area contributed by atoms with Crippen LogP contribution >= 0.6 is 12.2 Å². The van der Waals surface area contributed by atoms with Crippen LogP contribution in [-0.2, 0) is 9.59 Å². The Morgan fingerprint density at radius 3 is 2.62 bits per heavy atom. The van der Waals surface area contributed by atoms with Gasteiger partial charge in [0, 0.05) is 6.07 Å². The molecule has 0 unspecified atom stereocenters. The number of benzene rings is 2. The van der Waals surface area contributed by atoms with E-state index in [0.29, 0.717) is 23.6 Å². The Balaban J connectivity index is 1.98. The summed E-state index contributed by atoms with van der Waals surface area (Å²) in [7, 11) is 0. The maximum absolute atomic E-state index is 12.9. The van der Waals surface area contributed by atoms with Gasteiger partial charge in [-0.3, -0.25) is 19.8 Å². The zero-order valence-electron chi connectivity index (χ0n) is 13.9. The number of hydrogen-bond donors (Lipinski definition) is 2. The summed E-state index contributed by atoms with van der Waals surface area (Å²) in [4.78, 5) is 26.4. The summed E-state index contributed by atoms with van der Waals surface area (Å²) >= 11 is 5.18. The highest BCUT2D eigenvalue weighted by atomic mass is 32.1. The third kappa shape index (κ3) is 3.57. The number of rotatable bonds is 4. The molecule has 2 amide bonds. The summed E-state index contributed by atoms with van der Waals surface area (Å²) in [5.41, 5.74) is 1.06. The summed E-state index contributed by atoms with van der Waals surface area (Å²) in [5.74, 6) is -0.394. The van der Waals surface area contributed by atoms with Gasteiger partial charge in [0.05, 0.1) is 12.3 Å². The standard InChI is InChI=1S/C19H16N2O4S/c1-2-25-15-5-3-4-13(11-15)21-18(24)16(17(23)20-19(21)26)10-12-6-8-14(22)9-7-12/h3-11,22H,2H2,1H3,(H,20,23,26)/b16-10+. The Kier molecular flexibility index (Phi) is 4.99. The van der Waals surface area contributed by atoms with Crippen molar-refractivity contribution in [1.29, 1.82) is 0 Å². The van der Waals surface area contributed by atoms with Gasteiger partial charge in [0.15, 0.2) is 5.11 Å². The van der Waals surface area contributed by atoms with Gasteiger partial charge in [0.25, 0.3) is 11.8 Å². The van der Waals surface area contributed by atoms with Gasteiger partial charge >= 0.3 is 0 Å². The summed E-state index contributed by atoms with van der Waals surface area (Å²) in [5, 5.41) is 11.9. The van der Waals surface area contributed by atoms with Crippen LogP contribution in [0.5, 0.6) is 11.5 Å². The Labute approximate surface area is 155 Å². The second-order valence-corrected chi connectivity index (χ2v) is 5.87. The number of anilines is 1. The number of phenolic OH excluding ortho intramolecular Hbond substituents is 1. The normalized spacial score (nSPS) is 16.0. The van der Waals surface area contributed by atoms with Crippen molar-refractivity contribution in [2.24, 2.45) is 0 Å². The number of hydrogen-bond acceptors (Lipinski definition) is 5. The van der Waals surface area contributed by atoms with Gasteiger partial charge in [0.1, 0.15) is 17.1 Å². The van der Waals surface area contributed by atoms with Crippen LogP contribution in [0.3, 0.4) is 0 Å². The molecule has 1 aliphatic rings. The molecule has 2 N–H and O–H groups in total. The lowest BCUT2D eigenvalue weighted by Crippen LogP contribution is -2.54. The number of thiocarbonyl (C=S) groups is 1. The minimum Gasteiger partial charge on any atom is -0.508 e. The van der Waals surface area contributed by atoms with Crippen molar-refractivity contribution in [2.75, 3.05) is 11.5 Å². The molecule has 26 heavy (non-hydrogen) atoms. The maximum atomic E-state index is 12.9. The van der Waals surface area contributed by atoms with Crippen molar-refractivity contribution in [2.45, 2.75) is 6.92 Å². The molecule has 7 heteroatoms. The number of amides is 2. The van der Waals surface area contributed by atoms with Crippen LogP contribution in [0.15, 0.2) is 54.1 Å². The first-order valence-electron chi connectivity index (χ1n) is 7.93. The molecule has 0 atom stereocenters. The molecule has 1 saturated heterocycles. The monoisotopic (exact) mass is 368 g/mol. The van der Waals surface area contributed by atoms with E-state index in [2.05, 4.69) is 5.32 Å². The molecule has 0 bridgehead atoms. The van der Waals surface area contributed by atoms with Gasteiger partial charge in [-0.2, -0.15) is 0 Å². The second kappa shape index (κ2) is 7.37. The lowest BCUT2D eigenvalue weighted by Gasteiger charge is -2.29. The molecule has 6 nitrogen and oxygen atoms in total. The highest BCUT2D eigenvalue weighted by Crippen LogP contribution is 2.26. The predicted molar refractivity (Wildman–Crippen MR) is 102 cm³/mol. The average molecular weight is 368 g/mol. The summed E-state index contributed by atoms with van der Waals surface area (Å²) in [6, 6.07) is 13.1. The zero-order valence-corrected chi connectivity index (χ0v) is 14.7. The molecule has 132 valence electrons. The van der Waals surface area contributed by atoms with Crippen molar-refractivity contribution in [3.05, 3.63) is 59.7 Å². The summed E-state index contributed by atoms with van der Waals surface area (Å²) < 4.78 is 5.46. The van der Waals surface area contributed by atoms with Crippen molar-refractivity contribution in [3.63, 3.8) is 0 Å². The van der Waals surface area contributed by atoms with E-state index in [1.165, 1.54) is 23.1 Å². The van der Waals surface area contributed by atoms with E-state index in [4.69, 9.17) is 17.0 Å². The smallest absolute Gasteiger partial charge is 0.270 e. The first-order chi connectivity index (χ1) is 12.5. The van der Waals surface area contributed by atoms with E-state index in [-0.39, 0.29) is 16.4 Å². The Morgan fingerprint density at radius 1 is 1.19 bits per heavy atom. The van der Waals surface area contributed by atoms with E-state index < -0.39 is 11.8 Å². The van der Waals surface area contributed by atoms with Crippen LogP contribution in [0, 0.1) is 0 Å². The molecule has 0 aliphatic carbocycles. The molecule has 0 saturated carbocycles. The van der Waals surface area contributed by atoms with Crippen molar-refractivity contribution in [3.8, 4) is 11.5 Å². The number of phenols is 1. The minimum atomic E-state index is -0.565. The highest BCUT2D eigenvalue weighted by Gasteiger charge is 2.34. The number of carbonyl (C=O) groups is 2. The van der Waals surface area contributed by atoms with Gasteiger partial charge in [-0.15, -0.1) is 0 Å². The quantitative estimate of drug-likeness (QED) is 0.493. The fourth-order valence-corrected chi connectivity index (χ4v) is 2.79. The maximum Gasteiger partial charge on any atom is 0.270 e. The van der Waals surface area contributed by atoms with Gasteiger partial charge in [-0.05, 0) is 55.0 Å². The lowest BCUT2D eigenvalue weighted by molar-refractivity contribution is -0.122. The van der Waals surface area contributed by atoms with Crippen LogP contribution in [0.4, 0.5) is 5.69 Å². The largest absolute Gasteiger partial charge is 0.508 e. The van der Waals surface area contributed by atoms with E-state index in [9.17, 15) is 14.7 Å². The minimum absolute atomic E-state index is 0.0107. The molecule has 2 aromatic carbocycles. The second-order valence-electron chi connectivity index (χ2n) is 5.48. The molecule has 0 spiro atoms. The molecular formula is C19H16N2O4S.